The molecular formula is C39H42F4N11O5+. The van der Waals surface area contributed by atoms with Gasteiger partial charge in [-0.1, -0.05) is 0 Å². The lowest BCUT2D eigenvalue weighted by molar-refractivity contribution is -0.929. The maximum absolute atomic E-state index is 15.4. The first-order valence-electron chi connectivity index (χ1n) is 19.3. The third kappa shape index (κ3) is 8.01. The Labute approximate surface area is 334 Å². The zero-order valence-corrected chi connectivity index (χ0v) is 32.0. The molecule has 3 aliphatic rings. The summed E-state index contributed by atoms with van der Waals surface area (Å²) in [7, 11) is 1.37. The zero-order valence-electron chi connectivity index (χ0n) is 32.0. The van der Waals surface area contributed by atoms with Gasteiger partial charge >= 0.3 is 12.1 Å². The topological polar surface area (TPSA) is 183 Å². The molecule has 3 fully saturated rings. The van der Waals surface area contributed by atoms with E-state index in [1.165, 1.54) is 34.7 Å². The molecule has 20 heteroatoms. The van der Waals surface area contributed by atoms with Gasteiger partial charge in [-0.3, -0.25) is 14.4 Å². The van der Waals surface area contributed by atoms with Crippen molar-refractivity contribution >= 4 is 40.4 Å². The van der Waals surface area contributed by atoms with Crippen LogP contribution in [0, 0.1) is 17.7 Å². The number of carbonyl (C=O) groups excluding carboxylic acids is 3. The fraction of sp³-hybridized carbons (Fsp3) is 0.410. The van der Waals surface area contributed by atoms with Gasteiger partial charge in [0.15, 0.2) is 23.9 Å². The van der Waals surface area contributed by atoms with Crippen LogP contribution in [-0.4, -0.2) is 138 Å². The van der Waals surface area contributed by atoms with Crippen molar-refractivity contribution in [1.29, 1.82) is 0 Å². The van der Waals surface area contributed by atoms with E-state index in [0.29, 0.717) is 47.4 Å². The Hall–Kier alpha value is -6.15. The summed E-state index contributed by atoms with van der Waals surface area (Å²) in [5.41, 5.74) is -0.623. The molecule has 7 heterocycles. The van der Waals surface area contributed by atoms with E-state index in [4.69, 9.17) is 0 Å². The van der Waals surface area contributed by atoms with E-state index < -0.39 is 35.5 Å². The number of amides is 3. The molecule has 310 valence electrons. The molecule has 16 nitrogen and oxygen atoms in total. The van der Waals surface area contributed by atoms with E-state index >= 15 is 4.39 Å². The second kappa shape index (κ2) is 15.6. The third-order valence-electron chi connectivity index (χ3n) is 11.6. The van der Waals surface area contributed by atoms with Crippen LogP contribution >= 0.6 is 0 Å². The van der Waals surface area contributed by atoms with E-state index in [2.05, 4.69) is 30.7 Å². The molecule has 1 aromatic carbocycles. The molecule has 3 saturated heterocycles. The number of carbonyl (C=O) groups is 4. The van der Waals surface area contributed by atoms with E-state index in [1.807, 2.05) is 0 Å². The number of carboxylic acids is 1. The lowest BCUT2D eigenvalue weighted by Crippen LogP contribution is -2.62. The Morgan fingerprint density at radius 1 is 1.00 bits per heavy atom. The summed E-state index contributed by atoms with van der Waals surface area (Å²) in [5, 5.41) is 19.1. The molecule has 8 rings (SSSR count). The summed E-state index contributed by atoms with van der Waals surface area (Å²) in [6.07, 6.45) is 0.256. The SMILES string of the molecule is Cn1c(-c2cn(-c3ccc4[nH]ccc4n3)nc2C(F)(F)F)cnc1C(=O)Nc1ccc(C(=O)N2CCN(C(=O)C3CC[N+](CC(=O)O)(CC4CNC4)CC3)CC2)c(F)c1. The highest BCUT2D eigenvalue weighted by atomic mass is 19.4. The Morgan fingerprint density at radius 3 is 2.39 bits per heavy atom. The molecule has 0 atom stereocenters. The smallest absolute Gasteiger partial charge is 0.435 e. The number of alkyl halides is 3. The number of piperazine rings is 1. The number of imidazole rings is 1. The molecule has 5 aromatic rings. The van der Waals surface area contributed by atoms with Crippen LogP contribution in [0.25, 0.3) is 28.1 Å². The number of aliphatic carboxylic acids is 1. The predicted octanol–water partition coefficient (Wildman–Crippen LogP) is 3.37. The lowest BCUT2D eigenvalue weighted by atomic mass is 9.90. The summed E-state index contributed by atoms with van der Waals surface area (Å²) in [6, 6.07) is 8.41. The van der Waals surface area contributed by atoms with Crippen LogP contribution in [0.4, 0.5) is 23.2 Å². The van der Waals surface area contributed by atoms with Gasteiger partial charge in [-0.2, -0.15) is 18.3 Å². The number of benzene rings is 1. The second-order valence-corrected chi connectivity index (χ2v) is 15.5. The van der Waals surface area contributed by atoms with Crippen LogP contribution in [0.15, 0.2) is 55.0 Å². The number of aromatic amines is 1. The first-order chi connectivity index (χ1) is 28.2. The summed E-state index contributed by atoms with van der Waals surface area (Å²) in [5.74, 6) is -3.07. The number of hydrogen-bond acceptors (Lipinski definition) is 8. The van der Waals surface area contributed by atoms with Gasteiger partial charge in [0, 0.05) is 89.1 Å². The highest BCUT2D eigenvalue weighted by Crippen LogP contribution is 2.37. The summed E-state index contributed by atoms with van der Waals surface area (Å²) < 4.78 is 60.7. The summed E-state index contributed by atoms with van der Waals surface area (Å²) >= 11 is 0. The summed E-state index contributed by atoms with van der Waals surface area (Å²) in [4.78, 5) is 66.4. The molecule has 0 aliphatic carbocycles. The van der Waals surface area contributed by atoms with Crippen LogP contribution in [0.1, 0.15) is 39.5 Å². The highest BCUT2D eigenvalue weighted by molar-refractivity contribution is 6.03. The number of quaternary nitrogens is 1. The van der Waals surface area contributed by atoms with Crippen LogP contribution in [0.5, 0.6) is 0 Å². The van der Waals surface area contributed by atoms with Gasteiger partial charge < -0.3 is 39.6 Å². The minimum absolute atomic E-state index is 0.0122. The number of hydrogen-bond donors (Lipinski definition) is 4. The third-order valence-corrected chi connectivity index (χ3v) is 11.6. The number of rotatable bonds is 10. The van der Waals surface area contributed by atoms with Gasteiger partial charge in [0.25, 0.3) is 11.8 Å². The van der Waals surface area contributed by atoms with Crippen molar-refractivity contribution in [2.75, 3.05) is 70.8 Å². The molecule has 3 amide bonds. The van der Waals surface area contributed by atoms with Crippen molar-refractivity contribution in [2.24, 2.45) is 18.9 Å². The average Bonchev–Trinajstić information content (AvgIpc) is 3.94. The van der Waals surface area contributed by atoms with Gasteiger partial charge in [-0.05, 0) is 36.4 Å². The maximum Gasteiger partial charge on any atom is 0.435 e. The fourth-order valence-electron chi connectivity index (χ4n) is 8.40. The Morgan fingerprint density at radius 2 is 1.73 bits per heavy atom. The quantitative estimate of drug-likeness (QED) is 0.121. The van der Waals surface area contributed by atoms with Gasteiger partial charge in [-0.25, -0.2) is 23.8 Å². The van der Waals surface area contributed by atoms with E-state index in [1.54, 1.807) is 23.2 Å². The number of halogens is 4. The fourth-order valence-corrected chi connectivity index (χ4v) is 8.40. The molecule has 0 bridgehead atoms. The molecular weight excluding hydrogens is 778 g/mol. The van der Waals surface area contributed by atoms with Crippen molar-refractivity contribution < 1.29 is 46.3 Å². The van der Waals surface area contributed by atoms with E-state index in [-0.39, 0.29) is 78.7 Å². The first kappa shape index (κ1) is 39.7. The normalized spacial score (nSPS) is 20.1. The van der Waals surface area contributed by atoms with Gasteiger partial charge in [0.05, 0.1) is 53.7 Å². The monoisotopic (exact) mass is 820 g/mol. The Kier molecular flexibility index (Phi) is 10.5. The van der Waals surface area contributed by atoms with Crippen molar-refractivity contribution in [3.8, 4) is 17.1 Å². The van der Waals surface area contributed by atoms with Gasteiger partial charge in [-0.15, -0.1) is 0 Å². The average molecular weight is 821 g/mol. The molecule has 3 aliphatic heterocycles. The molecule has 0 saturated carbocycles. The number of aromatic nitrogens is 6. The number of fused-ring (bicyclic) bond motifs is 1. The van der Waals surface area contributed by atoms with E-state index in [0.717, 1.165) is 42.8 Å². The first-order valence-corrected chi connectivity index (χ1v) is 19.3. The number of pyridine rings is 1. The Balaban J connectivity index is 0.883. The second-order valence-electron chi connectivity index (χ2n) is 15.5. The molecule has 0 radical (unpaired) electrons. The zero-order chi connectivity index (χ0) is 41.6. The van der Waals surface area contributed by atoms with Gasteiger partial charge in [0.2, 0.25) is 5.91 Å². The number of anilines is 1. The number of likely N-dealkylation sites (tertiary alicyclic amines) is 1. The van der Waals surface area contributed by atoms with Crippen LogP contribution in [0.2, 0.25) is 0 Å². The van der Waals surface area contributed by atoms with Crippen molar-refractivity contribution in [1.82, 2.24) is 44.4 Å². The molecule has 59 heavy (non-hydrogen) atoms. The van der Waals surface area contributed by atoms with E-state index in [9.17, 15) is 37.5 Å². The Bertz CT molecular complexity index is 2420. The number of carboxylic acid groups (broad SMARTS) is 1. The largest absolute Gasteiger partial charge is 0.477 e. The molecule has 0 spiro atoms. The van der Waals surface area contributed by atoms with Crippen molar-refractivity contribution in [3.05, 3.63) is 77.9 Å². The lowest BCUT2D eigenvalue weighted by Gasteiger charge is -2.46. The van der Waals surface area contributed by atoms with Crippen molar-refractivity contribution in [3.63, 3.8) is 0 Å². The minimum Gasteiger partial charge on any atom is -0.477 e. The van der Waals surface area contributed by atoms with Crippen LogP contribution in [-0.2, 0) is 22.8 Å². The molecule has 0 unspecified atom stereocenters. The van der Waals surface area contributed by atoms with Crippen molar-refractivity contribution in [2.45, 2.75) is 19.0 Å². The number of nitrogens with zero attached hydrogens (tertiary/aromatic N) is 8. The minimum atomic E-state index is -4.85. The number of nitrogens with one attached hydrogen (secondary N) is 3. The molecule has 4 N–H and O–H groups in total. The predicted molar refractivity (Wildman–Crippen MR) is 204 cm³/mol. The summed E-state index contributed by atoms with van der Waals surface area (Å²) in [6.45, 7) is 4.76. The number of H-pyrrole nitrogens is 1. The maximum atomic E-state index is 15.4. The molecule has 4 aromatic heterocycles. The van der Waals surface area contributed by atoms with Gasteiger partial charge in [0.1, 0.15) is 5.82 Å². The highest BCUT2D eigenvalue weighted by Gasteiger charge is 2.43. The standard InChI is InChI=1S/C39H41F4N11O5/c1-50-31(27-20-53(49-34(27)39(41,42)43)32-5-4-29-30(48-32)6-9-45-29)19-46-35(50)36(57)47-25-2-3-26(28(40)16-25)38(59)52-12-10-51(11-13-52)37(58)24-7-14-54(15-8-24,22-33(55)56)21-23-17-44-18-23/h2-6,9,16,19-20,23-24,44H,7-8,10-15,17-18,21-22H2,1H3,(H2-,45,47,48,55,56,57,59)/p+1. The van der Waals surface area contributed by atoms with Crippen LogP contribution < -0.4 is 10.6 Å². The number of piperidine rings is 1. The van der Waals surface area contributed by atoms with Crippen LogP contribution in [0.3, 0.4) is 0 Å².